The van der Waals surface area contributed by atoms with E-state index in [2.05, 4.69) is 6.92 Å². The van der Waals surface area contributed by atoms with Gasteiger partial charge in [-0.25, -0.2) is 0 Å². The predicted octanol–water partition coefficient (Wildman–Crippen LogP) is 5.97. The third-order valence-corrected chi connectivity index (χ3v) is 7.77. The van der Waals surface area contributed by atoms with Gasteiger partial charge in [-0.15, -0.1) is 0 Å². The number of ether oxygens (including phenoxy) is 1. The number of aliphatic hydroxyl groups excluding tert-OH is 1. The highest BCUT2D eigenvalue weighted by Crippen LogP contribution is 2.42. The van der Waals surface area contributed by atoms with Crippen LogP contribution in [0.2, 0.25) is 0 Å². The van der Waals surface area contributed by atoms with Crippen molar-refractivity contribution in [2.75, 3.05) is 13.2 Å². The summed E-state index contributed by atoms with van der Waals surface area (Å²) in [6.07, 6.45) is 19.9. The Morgan fingerprint density at radius 3 is 1.80 bits per heavy atom. The van der Waals surface area contributed by atoms with Crippen LogP contribution in [0.5, 0.6) is 0 Å². The van der Waals surface area contributed by atoms with Crippen molar-refractivity contribution in [3.63, 3.8) is 0 Å². The van der Waals surface area contributed by atoms with Crippen molar-refractivity contribution in [3.05, 3.63) is 0 Å². The molecule has 0 spiro atoms. The average molecular weight is 351 g/mol. The lowest BCUT2D eigenvalue weighted by Gasteiger charge is -2.38. The molecule has 0 aromatic carbocycles. The summed E-state index contributed by atoms with van der Waals surface area (Å²) in [4.78, 5) is 0. The fourth-order valence-electron chi connectivity index (χ4n) is 5.94. The van der Waals surface area contributed by atoms with Crippen molar-refractivity contribution in [3.8, 4) is 0 Å². The van der Waals surface area contributed by atoms with Gasteiger partial charge in [-0.2, -0.15) is 0 Å². The maximum atomic E-state index is 9.32. The first kappa shape index (κ1) is 19.7. The monoisotopic (exact) mass is 350 g/mol. The lowest BCUT2D eigenvalue weighted by atomic mass is 9.68. The van der Waals surface area contributed by atoms with Crippen LogP contribution >= 0.6 is 0 Å². The molecular formula is C23H42O2. The third-order valence-electron chi connectivity index (χ3n) is 7.77. The molecule has 2 atom stereocenters. The molecule has 0 aromatic heterocycles. The predicted molar refractivity (Wildman–Crippen MR) is 105 cm³/mol. The molecule has 0 amide bonds. The van der Waals surface area contributed by atoms with Crippen molar-refractivity contribution in [2.24, 2.45) is 29.6 Å². The van der Waals surface area contributed by atoms with Crippen molar-refractivity contribution < 1.29 is 9.84 Å². The topological polar surface area (TPSA) is 29.5 Å². The number of rotatable bonds is 7. The summed E-state index contributed by atoms with van der Waals surface area (Å²) in [5, 5.41) is 9.32. The normalized spacial score (nSPS) is 40.1. The van der Waals surface area contributed by atoms with Crippen molar-refractivity contribution in [1.29, 1.82) is 0 Å². The molecule has 0 bridgehead atoms. The van der Waals surface area contributed by atoms with Crippen LogP contribution in [0.3, 0.4) is 0 Å². The Labute approximate surface area is 156 Å². The lowest BCUT2D eigenvalue weighted by molar-refractivity contribution is -0.0257. The second kappa shape index (κ2) is 10.3. The molecule has 2 aliphatic carbocycles. The molecule has 3 rings (SSSR count). The van der Waals surface area contributed by atoms with Crippen LogP contribution in [0.4, 0.5) is 0 Å². The first-order valence-electron chi connectivity index (χ1n) is 11.5. The Kier molecular flexibility index (Phi) is 8.11. The van der Waals surface area contributed by atoms with Gasteiger partial charge in [-0.05, 0) is 100 Å². The summed E-state index contributed by atoms with van der Waals surface area (Å²) >= 11 is 0. The molecule has 2 unspecified atom stereocenters. The van der Waals surface area contributed by atoms with E-state index in [0.29, 0.717) is 18.6 Å². The fraction of sp³-hybridized carbons (Fsp3) is 1.00. The van der Waals surface area contributed by atoms with Gasteiger partial charge in [0.2, 0.25) is 0 Å². The molecule has 1 heterocycles. The van der Waals surface area contributed by atoms with Crippen LogP contribution < -0.4 is 0 Å². The number of hydrogen-bond acceptors (Lipinski definition) is 2. The summed E-state index contributed by atoms with van der Waals surface area (Å²) in [6, 6.07) is 0. The maximum absolute atomic E-state index is 9.32. The molecule has 1 aliphatic heterocycles. The van der Waals surface area contributed by atoms with Gasteiger partial charge < -0.3 is 9.84 Å². The molecule has 2 saturated carbocycles. The second-order valence-electron chi connectivity index (χ2n) is 9.51. The zero-order chi connectivity index (χ0) is 17.5. The van der Waals surface area contributed by atoms with E-state index >= 15 is 0 Å². The van der Waals surface area contributed by atoms with E-state index < -0.39 is 0 Å². The van der Waals surface area contributed by atoms with Crippen molar-refractivity contribution >= 4 is 0 Å². The minimum absolute atomic E-state index is 0.419. The highest BCUT2D eigenvalue weighted by Gasteiger charge is 2.31. The van der Waals surface area contributed by atoms with E-state index in [4.69, 9.17) is 4.74 Å². The first-order chi connectivity index (χ1) is 12.3. The molecule has 2 heteroatoms. The Morgan fingerprint density at radius 1 is 0.680 bits per heavy atom. The Balaban J connectivity index is 1.28. The molecule has 25 heavy (non-hydrogen) atoms. The van der Waals surface area contributed by atoms with Gasteiger partial charge in [-0.1, -0.05) is 26.2 Å². The van der Waals surface area contributed by atoms with E-state index in [0.717, 1.165) is 30.3 Å². The number of aliphatic hydroxyl groups is 1. The molecule has 1 saturated heterocycles. The summed E-state index contributed by atoms with van der Waals surface area (Å²) in [5.74, 6) is 4.40. The van der Waals surface area contributed by atoms with E-state index in [1.54, 1.807) is 0 Å². The lowest BCUT2D eigenvalue weighted by Crippen LogP contribution is -2.28. The highest BCUT2D eigenvalue weighted by molar-refractivity contribution is 4.82. The van der Waals surface area contributed by atoms with E-state index in [1.807, 2.05) is 0 Å². The second-order valence-corrected chi connectivity index (χ2v) is 9.51. The van der Waals surface area contributed by atoms with Gasteiger partial charge in [0, 0.05) is 13.2 Å². The Morgan fingerprint density at radius 2 is 1.28 bits per heavy atom. The average Bonchev–Trinajstić information content (AvgIpc) is 2.68. The van der Waals surface area contributed by atoms with Crippen molar-refractivity contribution in [2.45, 2.75) is 103 Å². The molecule has 3 aliphatic rings. The summed E-state index contributed by atoms with van der Waals surface area (Å²) in [5.41, 5.74) is 0. The highest BCUT2D eigenvalue weighted by atomic mass is 16.5. The zero-order valence-corrected chi connectivity index (χ0v) is 16.6. The third kappa shape index (κ3) is 5.96. The van der Waals surface area contributed by atoms with Crippen LogP contribution in [0.1, 0.15) is 96.8 Å². The SMILES string of the molecule is CCCC1CCC(CCC2CCC(C3CCC(CO)CC3)CC2)OC1. The molecule has 0 aromatic rings. The van der Waals surface area contributed by atoms with E-state index in [-0.39, 0.29) is 0 Å². The largest absolute Gasteiger partial charge is 0.396 e. The van der Waals surface area contributed by atoms with Gasteiger partial charge in [0.1, 0.15) is 0 Å². The summed E-state index contributed by atoms with van der Waals surface area (Å²) in [7, 11) is 0. The van der Waals surface area contributed by atoms with Gasteiger partial charge >= 0.3 is 0 Å². The minimum atomic E-state index is 0.419. The first-order valence-corrected chi connectivity index (χ1v) is 11.5. The van der Waals surface area contributed by atoms with Crippen LogP contribution in [0.25, 0.3) is 0 Å². The molecule has 3 fully saturated rings. The minimum Gasteiger partial charge on any atom is -0.396 e. The van der Waals surface area contributed by atoms with Crippen LogP contribution in [0, 0.1) is 29.6 Å². The smallest absolute Gasteiger partial charge is 0.0575 e. The Bertz CT molecular complexity index is 345. The molecule has 146 valence electrons. The maximum Gasteiger partial charge on any atom is 0.0575 e. The van der Waals surface area contributed by atoms with Crippen LogP contribution in [0.15, 0.2) is 0 Å². The van der Waals surface area contributed by atoms with Gasteiger partial charge in [0.05, 0.1) is 6.10 Å². The molecule has 1 N–H and O–H groups in total. The molecular weight excluding hydrogens is 308 g/mol. The van der Waals surface area contributed by atoms with E-state index in [9.17, 15) is 5.11 Å². The van der Waals surface area contributed by atoms with Gasteiger partial charge in [0.15, 0.2) is 0 Å². The fourth-order valence-corrected chi connectivity index (χ4v) is 5.94. The molecule has 2 nitrogen and oxygen atoms in total. The summed E-state index contributed by atoms with van der Waals surface area (Å²) in [6.45, 7) is 3.74. The standard InChI is InChI=1S/C23H42O2/c1-2-3-20-9-15-23(25-17-20)14-8-18-4-10-21(11-5-18)22-12-6-19(16-24)7-13-22/h18-24H,2-17H2,1H3. The number of hydrogen-bond donors (Lipinski definition) is 1. The van der Waals surface area contributed by atoms with Gasteiger partial charge in [-0.3, -0.25) is 0 Å². The van der Waals surface area contributed by atoms with Crippen molar-refractivity contribution in [1.82, 2.24) is 0 Å². The van der Waals surface area contributed by atoms with Gasteiger partial charge in [0.25, 0.3) is 0 Å². The Hall–Kier alpha value is -0.0800. The van der Waals surface area contributed by atoms with E-state index in [1.165, 1.54) is 89.9 Å². The molecule has 0 radical (unpaired) electrons. The van der Waals surface area contributed by atoms with Crippen LogP contribution in [-0.4, -0.2) is 24.4 Å². The summed E-state index contributed by atoms with van der Waals surface area (Å²) < 4.78 is 6.15. The van der Waals surface area contributed by atoms with Crippen LogP contribution in [-0.2, 0) is 4.74 Å². The zero-order valence-electron chi connectivity index (χ0n) is 16.6. The quantitative estimate of drug-likeness (QED) is 0.613.